The van der Waals surface area contributed by atoms with Crippen LogP contribution in [-0.2, 0) is 0 Å². The van der Waals surface area contributed by atoms with E-state index in [9.17, 15) is 4.79 Å². The number of nitrogens with zero attached hydrogens (tertiary/aromatic N) is 1. The molecule has 0 aliphatic carbocycles. The topological polar surface area (TPSA) is 80.0 Å². The van der Waals surface area contributed by atoms with Gasteiger partial charge in [0.05, 0.1) is 5.69 Å². The highest BCUT2D eigenvalue weighted by atomic mass is 32.1. The molecule has 4 N–H and O–H groups in total. The molecule has 2 heterocycles. The highest BCUT2D eigenvalue weighted by molar-refractivity contribution is 7.21. The smallest absolute Gasteiger partial charge is 0.263 e. The fourth-order valence-electron chi connectivity index (χ4n) is 1.67. The van der Waals surface area contributed by atoms with E-state index >= 15 is 0 Å². The summed E-state index contributed by atoms with van der Waals surface area (Å²) in [5.74, 6) is -0.119. The van der Waals surface area contributed by atoms with Gasteiger partial charge in [-0.15, -0.1) is 11.3 Å². The third-order valence-corrected chi connectivity index (χ3v) is 3.73. The van der Waals surface area contributed by atoms with Gasteiger partial charge in [0.15, 0.2) is 0 Å². The van der Waals surface area contributed by atoms with Crippen molar-refractivity contribution in [3.05, 3.63) is 23.2 Å². The lowest BCUT2D eigenvalue weighted by Crippen LogP contribution is -2.26. The molecule has 0 radical (unpaired) electrons. The van der Waals surface area contributed by atoms with E-state index < -0.39 is 0 Å². The minimum Gasteiger partial charge on any atom is -0.397 e. The Bertz CT molecular complexity index is 552. The number of anilines is 1. The molecule has 18 heavy (non-hydrogen) atoms. The molecule has 0 saturated heterocycles. The Morgan fingerprint density at radius 3 is 3.06 bits per heavy atom. The van der Waals surface area contributed by atoms with Crippen LogP contribution in [0.1, 0.15) is 16.1 Å². The Kier molecular flexibility index (Phi) is 4.11. The molecule has 0 bridgehead atoms. The fourth-order valence-corrected chi connectivity index (χ4v) is 2.65. The van der Waals surface area contributed by atoms with Gasteiger partial charge in [-0.3, -0.25) is 4.79 Å². The van der Waals surface area contributed by atoms with Crippen LogP contribution in [0, 0.1) is 0 Å². The zero-order chi connectivity index (χ0) is 13.0. The lowest BCUT2D eigenvalue weighted by atomic mass is 10.2. The number of hydrogen-bond acceptors (Lipinski definition) is 5. The number of pyridine rings is 1. The molecular formula is C12H16N4OS. The Hall–Kier alpha value is -1.66. The van der Waals surface area contributed by atoms with Gasteiger partial charge in [0, 0.05) is 18.1 Å². The lowest BCUT2D eigenvalue weighted by molar-refractivity contribution is 0.0958. The van der Waals surface area contributed by atoms with Crippen LogP contribution in [0.25, 0.3) is 10.2 Å². The number of fused-ring (bicyclic) bond motifs is 1. The Morgan fingerprint density at radius 2 is 2.33 bits per heavy atom. The van der Waals surface area contributed by atoms with E-state index in [4.69, 9.17) is 5.73 Å². The summed E-state index contributed by atoms with van der Waals surface area (Å²) in [6.07, 6.45) is 2.60. The number of carbonyl (C=O) groups excluding carboxylic acids is 1. The van der Waals surface area contributed by atoms with Crippen LogP contribution in [0.3, 0.4) is 0 Å². The molecular weight excluding hydrogens is 248 g/mol. The zero-order valence-electron chi connectivity index (χ0n) is 10.2. The summed E-state index contributed by atoms with van der Waals surface area (Å²) in [6.45, 7) is 1.52. The standard InChI is InChI=1S/C12H16N4OS/c1-14-5-3-7-15-11(17)10-9(13)8-4-2-6-16-12(8)18-10/h2,4,6,14H,3,5,7,13H2,1H3,(H,15,17). The van der Waals surface area contributed by atoms with E-state index in [2.05, 4.69) is 15.6 Å². The van der Waals surface area contributed by atoms with Gasteiger partial charge in [0.2, 0.25) is 0 Å². The number of carbonyl (C=O) groups is 1. The summed E-state index contributed by atoms with van der Waals surface area (Å²) in [5.41, 5.74) is 6.49. The van der Waals surface area contributed by atoms with Crippen molar-refractivity contribution in [1.29, 1.82) is 0 Å². The first-order valence-electron chi connectivity index (χ1n) is 5.80. The van der Waals surface area contributed by atoms with Crippen molar-refractivity contribution in [2.45, 2.75) is 6.42 Å². The number of thiophene rings is 1. The molecule has 0 aliphatic rings. The van der Waals surface area contributed by atoms with Crippen molar-refractivity contribution in [2.24, 2.45) is 0 Å². The van der Waals surface area contributed by atoms with Gasteiger partial charge in [-0.1, -0.05) is 0 Å². The van der Waals surface area contributed by atoms with Crippen molar-refractivity contribution in [2.75, 3.05) is 25.9 Å². The van der Waals surface area contributed by atoms with E-state index in [-0.39, 0.29) is 5.91 Å². The quantitative estimate of drug-likeness (QED) is 0.709. The van der Waals surface area contributed by atoms with E-state index in [1.54, 1.807) is 6.20 Å². The molecule has 0 aromatic carbocycles. The molecule has 2 rings (SSSR count). The van der Waals surface area contributed by atoms with Crippen molar-refractivity contribution < 1.29 is 4.79 Å². The summed E-state index contributed by atoms with van der Waals surface area (Å²) in [5, 5.41) is 6.74. The van der Waals surface area contributed by atoms with Crippen LogP contribution in [0.5, 0.6) is 0 Å². The first kappa shape index (κ1) is 12.8. The number of aromatic nitrogens is 1. The number of hydrogen-bond donors (Lipinski definition) is 3. The summed E-state index contributed by atoms with van der Waals surface area (Å²) in [6, 6.07) is 3.70. The predicted octanol–water partition coefficient (Wildman–Crippen LogP) is 1.22. The minimum absolute atomic E-state index is 0.119. The van der Waals surface area contributed by atoms with E-state index in [1.165, 1.54) is 11.3 Å². The SMILES string of the molecule is CNCCCNC(=O)c1sc2ncccc2c1N. The second kappa shape index (κ2) is 5.79. The van der Waals surface area contributed by atoms with Crippen LogP contribution >= 0.6 is 11.3 Å². The average Bonchev–Trinajstić information content (AvgIpc) is 2.73. The predicted molar refractivity (Wildman–Crippen MR) is 74.9 cm³/mol. The van der Waals surface area contributed by atoms with Gasteiger partial charge < -0.3 is 16.4 Å². The molecule has 0 aliphatic heterocycles. The van der Waals surface area contributed by atoms with Crippen molar-refractivity contribution in [1.82, 2.24) is 15.6 Å². The van der Waals surface area contributed by atoms with E-state index in [0.717, 1.165) is 23.2 Å². The second-order valence-corrected chi connectivity index (χ2v) is 4.91. The Labute approximate surface area is 109 Å². The van der Waals surface area contributed by atoms with Gasteiger partial charge in [-0.05, 0) is 32.1 Å². The maximum Gasteiger partial charge on any atom is 0.263 e. The summed E-state index contributed by atoms with van der Waals surface area (Å²) in [7, 11) is 1.89. The minimum atomic E-state index is -0.119. The van der Waals surface area contributed by atoms with E-state index in [1.807, 2.05) is 19.2 Å². The van der Waals surface area contributed by atoms with Gasteiger partial charge in [-0.25, -0.2) is 4.98 Å². The van der Waals surface area contributed by atoms with Gasteiger partial charge in [0.1, 0.15) is 9.71 Å². The number of rotatable bonds is 5. The van der Waals surface area contributed by atoms with Gasteiger partial charge in [-0.2, -0.15) is 0 Å². The van der Waals surface area contributed by atoms with Crippen molar-refractivity contribution in [3.8, 4) is 0 Å². The third kappa shape index (κ3) is 2.60. The lowest BCUT2D eigenvalue weighted by Gasteiger charge is -2.03. The molecule has 0 unspecified atom stereocenters. The number of amides is 1. The number of nitrogen functional groups attached to an aromatic ring is 1. The molecule has 5 nitrogen and oxygen atoms in total. The van der Waals surface area contributed by atoms with Gasteiger partial charge in [0.25, 0.3) is 5.91 Å². The fraction of sp³-hybridized carbons (Fsp3) is 0.333. The summed E-state index contributed by atoms with van der Waals surface area (Å²) < 4.78 is 0. The molecule has 0 spiro atoms. The van der Waals surface area contributed by atoms with E-state index in [0.29, 0.717) is 17.1 Å². The maximum absolute atomic E-state index is 12.0. The first-order chi connectivity index (χ1) is 8.74. The molecule has 2 aromatic heterocycles. The van der Waals surface area contributed by atoms with Crippen LogP contribution in [-0.4, -0.2) is 31.0 Å². The molecule has 0 atom stereocenters. The molecule has 1 amide bonds. The second-order valence-electron chi connectivity index (χ2n) is 3.91. The largest absolute Gasteiger partial charge is 0.397 e. The highest BCUT2D eigenvalue weighted by Gasteiger charge is 2.16. The van der Waals surface area contributed by atoms with Crippen LogP contribution in [0.2, 0.25) is 0 Å². The molecule has 6 heteroatoms. The zero-order valence-corrected chi connectivity index (χ0v) is 11.0. The van der Waals surface area contributed by atoms with Crippen molar-refractivity contribution in [3.63, 3.8) is 0 Å². The van der Waals surface area contributed by atoms with Crippen LogP contribution in [0.15, 0.2) is 18.3 Å². The molecule has 0 fully saturated rings. The first-order valence-corrected chi connectivity index (χ1v) is 6.61. The third-order valence-electron chi connectivity index (χ3n) is 2.60. The molecule has 0 saturated carbocycles. The van der Waals surface area contributed by atoms with Gasteiger partial charge >= 0.3 is 0 Å². The average molecular weight is 264 g/mol. The monoisotopic (exact) mass is 264 g/mol. The maximum atomic E-state index is 12.0. The highest BCUT2D eigenvalue weighted by Crippen LogP contribution is 2.31. The summed E-state index contributed by atoms with van der Waals surface area (Å²) in [4.78, 5) is 17.5. The molecule has 96 valence electrons. The number of nitrogens with two attached hydrogens (primary N) is 1. The Balaban J connectivity index is 2.10. The van der Waals surface area contributed by atoms with Crippen molar-refractivity contribution >= 4 is 33.1 Å². The molecule has 2 aromatic rings. The Morgan fingerprint density at radius 1 is 1.50 bits per heavy atom. The normalized spacial score (nSPS) is 10.7. The van der Waals surface area contributed by atoms with Crippen LogP contribution in [0.4, 0.5) is 5.69 Å². The summed E-state index contributed by atoms with van der Waals surface area (Å²) >= 11 is 1.33. The van der Waals surface area contributed by atoms with Crippen LogP contribution < -0.4 is 16.4 Å². The number of nitrogens with one attached hydrogen (secondary N) is 2.